The van der Waals surface area contributed by atoms with E-state index in [1.165, 1.54) is 25.7 Å². The van der Waals surface area contributed by atoms with Crippen LogP contribution in [0.25, 0.3) is 0 Å². The summed E-state index contributed by atoms with van der Waals surface area (Å²) in [4.78, 5) is 11.6. The average molecular weight is 349 g/mol. The van der Waals surface area contributed by atoms with Crippen molar-refractivity contribution in [3.63, 3.8) is 0 Å². The lowest BCUT2D eigenvalue weighted by molar-refractivity contribution is -0.121. The first-order chi connectivity index (χ1) is 12.3. The number of carbonyl (C=O) groups is 1. The molecule has 144 valence electrons. The van der Waals surface area contributed by atoms with Gasteiger partial charge in [-0.05, 0) is 57.9 Å². The summed E-state index contributed by atoms with van der Waals surface area (Å²) in [6.45, 7) is 3.64. The van der Waals surface area contributed by atoms with E-state index < -0.39 is 0 Å². The number of amides is 1. The summed E-state index contributed by atoms with van der Waals surface area (Å²) in [5.41, 5.74) is 5.42. The van der Waals surface area contributed by atoms with Crippen LogP contribution in [0.2, 0.25) is 0 Å². The molecule has 0 aromatic heterocycles. The Kier molecular flexibility index (Phi) is 19.6. The molecule has 3 nitrogen and oxygen atoms in total. The topological polar surface area (TPSA) is 55.1 Å². The molecule has 0 aromatic carbocycles. The van der Waals surface area contributed by atoms with Gasteiger partial charge in [0.15, 0.2) is 0 Å². The molecule has 0 aliphatic carbocycles. The summed E-state index contributed by atoms with van der Waals surface area (Å²) >= 11 is 0. The Morgan fingerprint density at radius 3 is 2.16 bits per heavy atom. The average Bonchev–Trinajstić information content (AvgIpc) is 2.62. The zero-order valence-electron chi connectivity index (χ0n) is 16.3. The predicted octanol–water partition coefficient (Wildman–Crippen LogP) is 5.43. The minimum atomic E-state index is 0.193. The van der Waals surface area contributed by atoms with Gasteiger partial charge in [0, 0.05) is 13.0 Å². The number of hydrogen-bond acceptors (Lipinski definition) is 2. The Hall–Kier alpha value is -1.35. The quantitative estimate of drug-likeness (QED) is 0.272. The summed E-state index contributed by atoms with van der Waals surface area (Å²) in [5.74, 6) is 0.193. The van der Waals surface area contributed by atoms with Gasteiger partial charge in [0.1, 0.15) is 0 Å². The molecule has 0 aliphatic rings. The number of carbonyl (C=O) groups excluding carboxylic acids is 1. The molecule has 0 atom stereocenters. The van der Waals surface area contributed by atoms with Crippen LogP contribution in [0, 0.1) is 0 Å². The van der Waals surface area contributed by atoms with E-state index in [1.54, 1.807) is 0 Å². The maximum absolute atomic E-state index is 11.6. The van der Waals surface area contributed by atoms with Gasteiger partial charge in [0.2, 0.25) is 5.91 Å². The standard InChI is InChI=1S/C22H40N2O/c1-2-3-4-5-6-7-8-9-10-11-12-13-14-15-16-19-22(25)24-21-18-17-20-23/h3-4,6-7,9-10H,2,5,8,11-21,23H2,1H3,(H,24,25)/b4-3-,7-6-,10-9-. The second-order valence-electron chi connectivity index (χ2n) is 6.45. The van der Waals surface area contributed by atoms with Crippen LogP contribution in [0.5, 0.6) is 0 Å². The first-order valence-electron chi connectivity index (χ1n) is 10.2. The Morgan fingerprint density at radius 2 is 1.44 bits per heavy atom. The maximum Gasteiger partial charge on any atom is 0.219 e. The highest BCUT2D eigenvalue weighted by atomic mass is 16.1. The Morgan fingerprint density at radius 1 is 0.800 bits per heavy atom. The molecule has 25 heavy (non-hydrogen) atoms. The van der Waals surface area contributed by atoms with E-state index >= 15 is 0 Å². The normalized spacial score (nSPS) is 11.9. The third kappa shape index (κ3) is 20.6. The molecule has 0 aromatic rings. The van der Waals surface area contributed by atoms with Crippen LogP contribution in [-0.2, 0) is 4.79 Å². The molecule has 0 unspecified atom stereocenters. The molecule has 3 N–H and O–H groups in total. The monoisotopic (exact) mass is 348 g/mol. The number of nitrogens with one attached hydrogen (secondary N) is 1. The fourth-order valence-corrected chi connectivity index (χ4v) is 2.49. The number of nitrogens with two attached hydrogens (primary N) is 1. The summed E-state index contributed by atoms with van der Waals surface area (Å²) in [6, 6.07) is 0. The van der Waals surface area contributed by atoms with Crippen molar-refractivity contribution in [2.45, 2.75) is 84.0 Å². The Labute approximate surface area is 155 Å². The zero-order chi connectivity index (χ0) is 18.4. The van der Waals surface area contributed by atoms with E-state index in [4.69, 9.17) is 5.73 Å². The summed E-state index contributed by atoms with van der Waals surface area (Å²) in [6.07, 6.45) is 26.4. The molecule has 0 radical (unpaired) electrons. The van der Waals surface area contributed by atoms with Crippen molar-refractivity contribution in [1.29, 1.82) is 0 Å². The first kappa shape index (κ1) is 23.6. The Balaban J connectivity index is 3.28. The van der Waals surface area contributed by atoms with Crippen LogP contribution >= 0.6 is 0 Å². The van der Waals surface area contributed by atoms with Gasteiger partial charge in [-0.1, -0.05) is 62.6 Å². The van der Waals surface area contributed by atoms with Gasteiger partial charge in [0.25, 0.3) is 0 Å². The molecule has 0 bridgehead atoms. The highest BCUT2D eigenvalue weighted by Crippen LogP contribution is 2.08. The Bertz CT molecular complexity index is 372. The van der Waals surface area contributed by atoms with E-state index in [1.807, 2.05) is 0 Å². The van der Waals surface area contributed by atoms with Gasteiger partial charge in [-0.25, -0.2) is 0 Å². The number of rotatable bonds is 17. The minimum absolute atomic E-state index is 0.193. The second kappa shape index (κ2) is 20.7. The number of allylic oxidation sites excluding steroid dienone is 6. The largest absolute Gasteiger partial charge is 0.356 e. The lowest BCUT2D eigenvalue weighted by atomic mass is 10.1. The van der Waals surface area contributed by atoms with Crippen LogP contribution in [0.15, 0.2) is 36.5 Å². The van der Waals surface area contributed by atoms with E-state index in [0.29, 0.717) is 13.0 Å². The lowest BCUT2D eigenvalue weighted by Gasteiger charge is -2.04. The van der Waals surface area contributed by atoms with Crippen molar-refractivity contribution < 1.29 is 4.79 Å². The van der Waals surface area contributed by atoms with Crippen molar-refractivity contribution in [1.82, 2.24) is 5.32 Å². The van der Waals surface area contributed by atoms with Crippen LogP contribution in [-0.4, -0.2) is 19.0 Å². The molecular formula is C22H40N2O. The van der Waals surface area contributed by atoms with Gasteiger partial charge >= 0.3 is 0 Å². The predicted molar refractivity (Wildman–Crippen MR) is 111 cm³/mol. The summed E-state index contributed by atoms with van der Waals surface area (Å²) in [7, 11) is 0. The lowest BCUT2D eigenvalue weighted by Crippen LogP contribution is -2.24. The molecule has 0 rings (SSSR count). The highest BCUT2D eigenvalue weighted by molar-refractivity contribution is 5.75. The van der Waals surface area contributed by atoms with Crippen molar-refractivity contribution in [3.05, 3.63) is 36.5 Å². The molecule has 0 fully saturated rings. The second-order valence-corrected chi connectivity index (χ2v) is 6.45. The molecule has 0 saturated carbocycles. The van der Waals surface area contributed by atoms with Gasteiger partial charge in [-0.15, -0.1) is 0 Å². The van der Waals surface area contributed by atoms with E-state index in [-0.39, 0.29) is 5.91 Å². The van der Waals surface area contributed by atoms with E-state index in [9.17, 15) is 4.79 Å². The first-order valence-corrected chi connectivity index (χ1v) is 10.2. The SMILES string of the molecule is CC/C=C\C/C=C\C/C=C\CCCCCCCC(=O)NCCCCN. The van der Waals surface area contributed by atoms with Gasteiger partial charge in [-0.3, -0.25) is 4.79 Å². The summed E-state index contributed by atoms with van der Waals surface area (Å²) in [5, 5.41) is 2.95. The van der Waals surface area contributed by atoms with E-state index in [2.05, 4.69) is 48.7 Å². The van der Waals surface area contributed by atoms with Crippen LogP contribution < -0.4 is 11.1 Å². The molecular weight excluding hydrogens is 308 g/mol. The zero-order valence-corrected chi connectivity index (χ0v) is 16.3. The van der Waals surface area contributed by atoms with Gasteiger partial charge in [0.05, 0.1) is 0 Å². The highest BCUT2D eigenvalue weighted by Gasteiger charge is 1.99. The van der Waals surface area contributed by atoms with Crippen molar-refractivity contribution in [2.75, 3.05) is 13.1 Å². The van der Waals surface area contributed by atoms with Gasteiger partial charge in [-0.2, -0.15) is 0 Å². The smallest absolute Gasteiger partial charge is 0.219 e. The number of hydrogen-bond donors (Lipinski definition) is 2. The van der Waals surface area contributed by atoms with Gasteiger partial charge < -0.3 is 11.1 Å². The fraction of sp³-hybridized carbons (Fsp3) is 0.682. The molecule has 0 aliphatic heterocycles. The maximum atomic E-state index is 11.6. The van der Waals surface area contributed by atoms with Crippen LogP contribution in [0.4, 0.5) is 0 Å². The fourth-order valence-electron chi connectivity index (χ4n) is 2.49. The third-order valence-electron chi connectivity index (χ3n) is 4.01. The van der Waals surface area contributed by atoms with Crippen molar-refractivity contribution >= 4 is 5.91 Å². The minimum Gasteiger partial charge on any atom is -0.356 e. The molecule has 1 amide bonds. The summed E-state index contributed by atoms with van der Waals surface area (Å²) < 4.78 is 0. The molecule has 0 heterocycles. The van der Waals surface area contributed by atoms with E-state index in [0.717, 1.165) is 51.5 Å². The number of unbranched alkanes of at least 4 members (excludes halogenated alkanes) is 6. The van der Waals surface area contributed by atoms with Crippen molar-refractivity contribution in [2.24, 2.45) is 5.73 Å². The molecule has 0 saturated heterocycles. The van der Waals surface area contributed by atoms with Crippen LogP contribution in [0.1, 0.15) is 84.0 Å². The third-order valence-corrected chi connectivity index (χ3v) is 4.01. The molecule has 3 heteroatoms. The van der Waals surface area contributed by atoms with Crippen molar-refractivity contribution in [3.8, 4) is 0 Å². The molecule has 0 spiro atoms. The van der Waals surface area contributed by atoms with Crippen LogP contribution in [0.3, 0.4) is 0 Å².